The molecule has 0 rings (SSSR count). The van der Waals surface area contributed by atoms with E-state index in [1.807, 2.05) is 0 Å². The molecule has 0 aliphatic heterocycles. The zero-order valence-corrected chi connectivity index (χ0v) is 15.7. The lowest BCUT2D eigenvalue weighted by atomic mass is 10.2. The van der Waals surface area contributed by atoms with E-state index < -0.39 is 24.0 Å². The number of carboxylic acid groups (broad SMARTS) is 3. The second kappa shape index (κ2) is 27.2. The third-order valence-corrected chi connectivity index (χ3v) is 2.37. The molecule has 24 heavy (non-hydrogen) atoms. The van der Waals surface area contributed by atoms with E-state index in [0.29, 0.717) is 12.8 Å². The molecule has 0 saturated heterocycles. The van der Waals surface area contributed by atoms with Gasteiger partial charge in [-0.25, -0.2) is 0 Å². The van der Waals surface area contributed by atoms with Crippen molar-refractivity contribution in [3.8, 4) is 0 Å². The van der Waals surface area contributed by atoms with Crippen molar-refractivity contribution in [2.75, 3.05) is 30.5 Å². The van der Waals surface area contributed by atoms with Crippen LogP contribution in [0.4, 0.5) is 0 Å². The first kappa shape index (κ1) is 31.1. The highest BCUT2D eigenvalue weighted by Gasteiger charge is 1.99. The van der Waals surface area contributed by atoms with E-state index in [-0.39, 0.29) is 30.5 Å². The fourth-order valence-corrected chi connectivity index (χ4v) is 0.583. The number of aliphatic hydroxyl groups is 3. The number of hydrogen-bond acceptors (Lipinski definition) is 9. The van der Waals surface area contributed by atoms with Gasteiger partial charge in [0, 0.05) is 6.61 Å². The molecule has 6 N–H and O–H groups in total. The van der Waals surface area contributed by atoms with E-state index in [1.165, 1.54) is 0 Å². The van der Waals surface area contributed by atoms with Gasteiger partial charge in [0.05, 0.1) is 30.0 Å². The van der Waals surface area contributed by atoms with Crippen LogP contribution in [0.15, 0.2) is 0 Å². The molecule has 0 aromatic heterocycles. The SMILES string of the molecule is O=C(O)CS.O=C(O)CS.O=C(O)CS.OCCCCC(O)CO. The predicted octanol–water partition coefficient (Wildman–Crippen LogP) is -0.495. The molecule has 0 amide bonds. The Labute approximate surface area is 156 Å². The molecule has 0 saturated carbocycles. The smallest absolute Gasteiger partial charge is 0.313 e. The zero-order valence-electron chi connectivity index (χ0n) is 13.0. The highest BCUT2D eigenvalue weighted by molar-refractivity contribution is 7.81. The Balaban J connectivity index is -0.000000116. The summed E-state index contributed by atoms with van der Waals surface area (Å²) in [6.07, 6.45) is 1.46. The first-order valence-corrected chi connectivity index (χ1v) is 8.40. The van der Waals surface area contributed by atoms with Crippen molar-refractivity contribution in [2.45, 2.75) is 25.4 Å². The fraction of sp³-hybridized carbons (Fsp3) is 0.750. The largest absolute Gasteiger partial charge is 0.481 e. The van der Waals surface area contributed by atoms with Crippen LogP contribution in [-0.4, -0.2) is 85.1 Å². The highest BCUT2D eigenvalue weighted by Crippen LogP contribution is 1.98. The van der Waals surface area contributed by atoms with Crippen LogP contribution in [0.1, 0.15) is 19.3 Å². The minimum absolute atomic E-state index is 0.0833. The average Bonchev–Trinajstić information content (AvgIpc) is 2.56. The molecule has 0 aliphatic carbocycles. The molecule has 0 spiro atoms. The van der Waals surface area contributed by atoms with Gasteiger partial charge in [-0.05, 0) is 19.3 Å². The first-order valence-electron chi connectivity index (χ1n) is 6.50. The summed E-state index contributed by atoms with van der Waals surface area (Å²) < 4.78 is 0. The van der Waals surface area contributed by atoms with E-state index in [2.05, 4.69) is 37.9 Å². The van der Waals surface area contributed by atoms with Gasteiger partial charge in [-0.15, -0.1) is 0 Å². The van der Waals surface area contributed by atoms with Crippen molar-refractivity contribution >= 4 is 55.8 Å². The van der Waals surface area contributed by atoms with E-state index in [0.717, 1.165) is 6.42 Å². The lowest BCUT2D eigenvalue weighted by Gasteiger charge is -2.03. The Morgan fingerprint density at radius 1 is 0.750 bits per heavy atom. The van der Waals surface area contributed by atoms with E-state index in [4.69, 9.17) is 30.6 Å². The monoisotopic (exact) mass is 410 g/mol. The van der Waals surface area contributed by atoms with Gasteiger partial charge in [0.25, 0.3) is 0 Å². The Hall–Kier alpha value is -0.660. The normalized spacial score (nSPS) is 9.75. The molecule has 0 aliphatic rings. The highest BCUT2D eigenvalue weighted by atomic mass is 32.1. The number of carboxylic acids is 3. The molecule has 0 radical (unpaired) electrons. The van der Waals surface area contributed by atoms with Crippen molar-refractivity contribution in [1.29, 1.82) is 0 Å². The molecule has 0 aromatic rings. The molecule has 0 bridgehead atoms. The van der Waals surface area contributed by atoms with Crippen LogP contribution in [0.5, 0.6) is 0 Å². The van der Waals surface area contributed by atoms with Gasteiger partial charge in [-0.1, -0.05) is 0 Å². The van der Waals surface area contributed by atoms with Crippen LogP contribution >= 0.6 is 37.9 Å². The number of aliphatic hydroxyl groups excluding tert-OH is 3. The van der Waals surface area contributed by atoms with Gasteiger partial charge in [-0.2, -0.15) is 37.9 Å². The van der Waals surface area contributed by atoms with Crippen molar-refractivity contribution in [2.24, 2.45) is 0 Å². The van der Waals surface area contributed by atoms with Gasteiger partial charge in [0.1, 0.15) is 0 Å². The maximum absolute atomic E-state index is 9.29. The van der Waals surface area contributed by atoms with Crippen LogP contribution in [0.25, 0.3) is 0 Å². The lowest BCUT2D eigenvalue weighted by molar-refractivity contribution is -0.134. The number of unbranched alkanes of at least 4 members (excludes halogenated alkanes) is 1. The maximum Gasteiger partial charge on any atom is 0.313 e. The summed E-state index contributed by atoms with van der Waals surface area (Å²) in [7, 11) is 0. The second-order valence-electron chi connectivity index (χ2n) is 3.71. The Kier molecular flexibility index (Phi) is 35.3. The molecule has 1 atom stereocenters. The number of rotatable bonds is 8. The predicted molar refractivity (Wildman–Crippen MR) is 98.5 cm³/mol. The van der Waals surface area contributed by atoms with E-state index >= 15 is 0 Å². The minimum Gasteiger partial charge on any atom is -0.481 e. The molecular formula is C12H26O9S3. The van der Waals surface area contributed by atoms with Crippen molar-refractivity contribution in [1.82, 2.24) is 0 Å². The average molecular weight is 411 g/mol. The molecule has 12 heteroatoms. The summed E-state index contributed by atoms with van der Waals surface area (Å²) in [5, 5.41) is 48.3. The van der Waals surface area contributed by atoms with Crippen molar-refractivity contribution in [3.05, 3.63) is 0 Å². The summed E-state index contributed by atoms with van der Waals surface area (Å²) >= 11 is 10.2. The maximum atomic E-state index is 9.29. The van der Waals surface area contributed by atoms with Gasteiger partial charge >= 0.3 is 17.9 Å². The van der Waals surface area contributed by atoms with Crippen LogP contribution in [0.2, 0.25) is 0 Å². The van der Waals surface area contributed by atoms with Crippen LogP contribution in [0, 0.1) is 0 Å². The molecule has 0 fully saturated rings. The van der Waals surface area contributed by atoms with Gasteiger partial charge < -0.3 is 30.6 Å². The molecule has 0 heterocycles. The number of aliphatic carboxylic acids is 3. The number of hydrogen-bond donors (Lipinski definition) is 9. The Bertz CT molecular complexity index is 270. The number of carbonyl (C=O) groups is 3. The minimum atomic E-state index is -0.881. The van der Waals surface area contributed by atoms with E-state index in [9.17, 15) is 14.4 Å². The fourth-order valence-electron chi connectivity index (χ4n) is 0.583. The van der Waals surface area contributed by atoms with Crippen LogP contribution in [-0.2, 0) is 14.4 Å². The van der Waals surface area contributed by atoms with Crippen molar-refractivity contribution < 1.29 is 45.0 Å². The Morgan fingerprint density at radius 3 is 1.21 bits per heavy atom. The van der Waals surface area contributed by atoms with Crippen molar-refractivity contribution in [3.63, 3.8) is 0 Å². The summed E-state index contributed by atoms with van der Waals surface area (Å²) in [4.78, 5) is 27.9. The first-order chi connectivity index (χ1) is 11.1. The summed E-state index contributed by atoms with van der Waals surface area (Å²) in [6, 6.07) is 0. The molecule has 1 unspecified atom stereocenters. The molecule has 146 valence electrons. The third kappa shape index (κ3) is 58.0. The quantitative estimate of drug-likeness (QED) is 0.189. The van der Waals surface area contributed by atoms with Gasteiger partial charge in [0.15, 0.2) is 0 Å². The zero-order chi connectivity index (χ0) is 20.0. The Morgan fingerprint density at radius 2 is 1.04 bits per heavy atom. The summed E-state index contributed by atoms with van der Waals surface area (Å²) in [5.41, 5.74) is 0. The van der Waals surface area contributed by atoms with Gasteiger partial charge in [-0.3, -0.25) is 14.4 Å². The van der Waals surface area contributed by atoms with Crippen LogP contribution in [0.3, 0.4) is 0 Å². The molecular weight excluding hydrogens is 384 g/mol. The second-order valence-corrected chi connectivity index (χ2v) is 4.66. The molecule has 9 nitrogen and oxygen atoms in total. The summed E-state index contributed by atoms with van der Waals surface area (Å²) in [6.45, 7) is -0.0103. The summed E-state index contributed by atoms with van der Waals surface area (Å²) in [5.74, 6) is -2.89. The standard InChI is InChI=1S/C6H14O3.3C2H4O2S/c7-4-2-1-3-6(9)5-8;3*3-2(4)1-5/h6-9H,1-5H2;3*5H,1H2,(H,3,4). The van der Waals surface area contributed by atoms with Gasteiger partial charge in [0.2, 0.25) is 0 Å². The number of thiol groups is 3. The van der Waals surface area contributed by atoms with E-state index in [1.54, 1.807) is 0 Å². The topological polar surface area (TPSA) is 173 Å². The lowest BCUT2D eigenvalue weighted by Crippen LogP contribution is -2.11. The van der Waals surface area contributed by atoms with Crippen LogP contribution < -0.4 is 0 Å². The molecule has 0 aromatic carbocycles. The third-order valence-electron chi connectivity index (χ3n) is 1.56.